The van der Waals surface area contributed by atoms with Crippen molar-refractivity contribution < 1.29 is 0 Å². The molecule has 1 heteroatoms. The van der Waals surface area contributed by atoms with Crippen LogP contribution in [0.1, 0.15) is 110 Å². The van der Waals surface area contributed by atoms with Gasteiger partial charge < -0.3 is 0 Å². The second-order valence-corrected chi connectivity index (χ2v) is 11.9. The van der Waals surface area contributed by atoms with Gasteiger partial charge in [0.2, 0.25) is 0 Å². The third-order valence-corrected chi connectivity index (χ3v) is 12.0. The smallest absolute Gasteiger partial charge is 0.00686 e. The lowest BCUT2D eigenvalue weighted by molar-refractivity contribution is 0.465. The summed E-state index contributed by atoms with van der Waals surface area (Å²) in [7, 11) is -0.725. The van der Waals surface area contributed by atoms with Crippen molar-refractivity contribution in [1.29, 1.82) is 0 Å². The van der Waals surface area contributed by atoms with Crippen molar-refractivity contribution in [3.63, 3.8) is 0 Å². The predicted octanol–water partition coefficient (Wildman–Crippen LogP) is 7.16. The van der Waals surface area contributed by atoms with Crippen molar-refractivity contribution >= 4 is 10.0 Å². The third kappa shape index (κ3) is 3.95. The summed E-state index contributed by atoms with van der Waals surface area (Å²) in [6.45, 7) is 2.26. The molecule has 0 nitrogen and oxygen atoms in total. The van der Waals surface area contributed by atoms with E-state index in [2.05, 4.69) is 18.1 Å². The molecule has 0 aromatic carbocycles. The van der Waals surface area contributed by atoms with E-state index < -0.39 is 10.0 Å². The molecule has 0 aromatic heterocycles. The van der Waals surface area contributed by atoms with Gasteiger partial charge in [0, 0.05) is 6.42 Å². The van der Waals surface area contributed by atoms with E-state index >= 15 is 0 Å². The Hall–Kier alpha value is -0.0900. The van der Waals surface area contributed by atoms with Crippen LogP contribution in [0.3, 0.4) is 0 Å². The molecular formula is C22H38S. The minimum absolute atomic E-state index is 0.725. The Labute approximate surface area is 146 Å². The van der Waals surface area contributed by atoms with Crippen molar-refractivity contribution in [2.24, 2.45) is 0 Å². The fourth-order valence-electron chi connectivity index (χ4n) is 5.63. The van der Waals surface area contributed by atoms with E-state index in [1.807, 2.05) is 0 Å². The minimum Gasteiger partial charge on any atom is -0.169 e. The molecule has 0 bridgehead atoms. The normalized spacial score (nSPS) is 26.5. The predicted molar refractivity (Wildman–Crippen MR) is 106 cm³/mol. The summed E-state index contributed by atoms with van der Waals surface area (Å²) in [4.78, 5) is 0. The zero-order valence-corrected chi connectivity index (χ0v) is 16.3. The summed E-state index contributed by atoms with van der Waals surface area (Å²) in [5.41, 5.74) is 0. The molecule has 132 valence electrons. The molecule has 23 heavy (non-hydrogen) atoms. The van der Waals surface area contributed by atoms with Gasteiger partial charge in [-0.25, -0.2) is 0 Å². The highest BCUT2D eigenvalue weighted by Crippen LogP contribution is 2.68. The molecule has 0 unspecified atom stereocenters. The molecule has 0 amide bonds. The summed E-state index contributed by atoms with van der Waals surface area (Å²) >= 11 is 0. The van der Waals surface area contributed by atoms with Crippen LogP contribution < -0.4 is 0 Å². The first-order chi connectivity index (χ1) is 11.4. The average molecular weight is 335 g/mol. The van der Waals surface area contributed by atoms with Gasteiger partial charge in [0.05, 0.1) is 0 Å². The Morgan fingerprint density at radius 3 is 1.26 bits per heavy atom. The Kier molecular flexibility index (Phi) is 6.82. The summed E-state index contributed by atoms with van der Waals surface area (Å²) in [6, 6.07) is 0. The first kappa shape index (κ1) is 17.7. The monoisotopic (exact) mass is 334 g/mol. The largest absolute Gasteiger partial charge is 0.169 e. The maximum atomic E-state index is 4.13. The fourth-order valence-corrected chi connectivity index (χ4v) is 11.5. The topological polar surface area (TPSA) is 0 Å². The van der Waals surface area contributed by atoms with Gasteiger partial charge in [0.1, 0.15) is 0 Å². The van der Waals surface area contributed by atoms with Crippen molar-refractivity contribution in [1.82, 2.24) is 0 Å². The highest BCUT2D eigenvalue weighted by Gasteiger charge is 2.45. The van der Waals surface area contributed by atoms with Crippen LogP contribution in [0.25, 0.3) is 0 Å². The molecule has 0 aromatic rings. The first-order valence-electron chi connectivity index (χ1n) is 10.7. The highest BCUT2D eigenvalue weighted by atomic mass is 32.3. The standard InChI is InChI=1S/C22H38S/c1-2-3-19-23(20-13-7-4-8-14-20,21-15-9-5-10-16-21)22-17-11-6-12-18-22/h20-22H,2,4-18H2,1H3. The second-order valence-electron chi connectivity index (χ2n) is 8.17. The van der Waals surface area contributed by atoms with Crippen LogP contribution in [0, 0.1) is 11.2 Å². The Morgan fingerprint density at radius 1 is 0.609 bits per heavy atom. The van der Waals surface area contributed by atoms with E-state index in [-0.39, 0.29) is 0 Å². The van der Waals surface area contributed by atoms with Gasteiger partial charge >= 0.3 is 0 Å². The fraction of sp³-hybridized carbons (Fsp3) is 0.909. The number of hydrogen-bond acceptors (Lipinski definition) is 0. The molecule has 3 rings (SSSR count). The Balaban J connectivity index is 1.95. The Morgan fingerprint density at radius 2 is 0.957 bits per heavy atom. The number of rotatable bonds is 3. The van der Waals surface area contributed by atoms with E-state index in [0.29, 0.717) is 0 Å². The van der Waals surface area contributed by atoms with E-state index in [0.717, 1.165) is 22.2 Å². The van der Waals surface area contributed by atoms with Crippen LogP contribution in [0.4, 0.5) is 0 Å². The summed E-state index contributed by atoms with van der Waals surface area (Å²) in [5.74, 6) is 3.67. The zero-order valence-electron chi connectivity index (χ0n) is 15.5. The summed E-state index contributed by atoms with van der Waals surface area (Å²) in [6.07, 6.45) is 23.6. The summed E-state index contributed by atoms with van der Waals surface area (Å²) in [5, 5.41) is 7.13. The van der Waals surface area contributed by atoms with Crippen LogP contribution in [-0.4, -0.2) is 15.7 Å². The molecule has 0 aliphatic heterocycles. The maximum Gasteiger partial charge on any atom is 0.00686 e. The molecular weight excluding hydrogens is 296 g/mol. The average Bonchev–Trinajstić information content (AvgIpc) is 2.65. The SMILES string of the molecule is CCC#CS(C1CCCCC1)(C1CCCCC1)C1CCCCC1. The molecule has 3 aliphatic carbocycles. The molecule has 0 radical (unpaired) electrons. The lowest BCUT2D eigenvalue weighted by atomic mass is 9.99. The van der Waals surface area contributed by atoms with Crippen molar-refractivity contribution in [2.75, 3.05) is 0 Å². The molecule has 0 saturated heterocycles. The first-order valence-corrected chi connectivity index (χ1v) is 12.5. The van der Waals surface area contributed by atoms with Crippen LogP contribution in [0.5, 0.6) is 0 Å². The van der Waals surface area contributed by atoms with Gasteiger partial charge in [-0.1, -0.05) is 75.9 Å². The van der Waals surface area contributed by atoms with Crippen LogP contribution in [-0.2, 0) is 0 Å². The second kappa shape index (κ2) is 8.84. The zero-order chi connectivity index (χ0) is 16.0. The van der Waals surface area contributed by atoms with Gasteiger partial charge in [-0.15, -0.1) is 0 Å². The molecule has 0 spiro atoms. The molecule has 3 fully saturated rings. The quantitative estimate of drug-likeness (QED) is 0.480. The van der Waals surface area contributed by atoms with Gasteiger partial charge in [0.15, 0.2) is 0 Å². The van der Waals surface area contributed by atoms with Crippen molar-refractivity contribution in [3.05, 3.63) is 0 Å². The van der Waals surface area contributed by atoms with Crippen LogP contribution >= 0.6 is 10.0 Å². The highest BCUT2D eigenvalue weighted by molar-refractivity contribution is 8.38. The van der Waals surface area contributed by atoms with Gasteiger partial charge in [-0.05, 0) is 54.3 Å². The van der Waals surface area contributed by atoms with E-state index in [9.17, 15) is 0 Å². The van der Waals surface area contributed by atoms with E-state index in [1.54, 1.807) is 0 Å². The van der Waals surface area contributed by atoms with E-state index in [4.69, 9.17) is 0 Å². The van der Waals surface area contributed by atoms with Crippen molar-refractivity contribution in [3.8, 4) is 11.2 Å². The molecule has 0 N–H and O–H groups in total. The molecule has 3 saturated carbocycles. The summed E-state index contributed by atoms with van der Waals surface area (Å²) < 4.78 is 0. The minimum atomic E-state index is -0.725. The maximum absolute atomic E-state index is 4.13. The number of hydrogen-bond donors (Lipinski definition) is 0. The lowest BCUT2D eigenvalue weighted by Gasteiger charge is -2.56. The van der Waals surface area contributed by atoms with Crippen molar-refractivity contribution in [2.45, 2.75) is 125 Å². The molecule has 0 atom stereocenters. The Bertz CT molecular complexity index is 352. The van der Waals surface area contributed by atoms with Gasteiger partial charge in [0.25, 0.3) is 0 Å². The van der Waals surface area contributed by atoms with Crippen LogP contribution in [0.2, 0.25) is 0 Å². The lowest BCUT2D eigenvalue weighted by Crippen LogP contribution is -2.39. The third-order valence-electron chi connectivity index (χ3n) is 6.74. The molecule has 3 aliphatic rings. The molecule has 0 heterocycles. The van der Waals surface area contributed by atoms with Crippen LogP contribution in [0.15, 0.2) is 0 Å². The van der Waals surface area contributed by atoms with E-state index in [1.165, 1.54) is 96.3 Å². The van der Waals surface area contributed by atoms with Gasteiger partial charge in [-0.3, -0.25) is 0 Å². The van der Waals surface area contributed by atoms with Gasteiger partial charge in [-0.2, -0.15) is 10.0 Å².